The molecule has 1 aliphatic heterocycles. The molecule has 0 saturated carbocycles. The summed E-state index contributed by atoms with van der Waals surface area (Å²) in [5.74, 6) is -0.00425. The Morgan fingerprint density at radius 1 is 1.07 bits per heavy atom. The molecule has 0 unspecified atom stereocenters. The molecule has 1 aromatic carbocycles. The van der Waals surface area contributed by atoms with Gasteiger partial charge in [0.05, 0.1) is 6.61 Å². The smallest absolute Gasteiger partial charge is 0.409 e. The molecule has 7 nitrogen and oxygen atoms in total. The van der Waals surface area contributed by atoms with Crippen molar-refractivity contribution < 1.29 is 19.1 Å². The van der Waals surface area contributed by atoms with Crippen molar-refractivity contribution in [2.24, 2.45) is 0 Å². The van der Waals surface area contributed by atoms with Crippen LogP contribution >= 0.6 is 0 Å². The third-order valence-electron chi connectivity index (χ3n) is 4.79. The fraction of sp³-hybridized carbons (Fsp3) is 0.571. The lowest BCUT2D eigenvalue weighted by Crippen LogP contribution is -2.46. The van der Waals surface area contributed by atoms with Crippen LogP contribution < -0.4 is 10.6 Å². The number of unbranched alkanes of at least 4 members (excludes halogenated alkanes) is 2. The Balaban J connectivity index is 1.50. The van der Waals surface area contributed by atoms with Crippen LogP contribution in [0.3, 0.4) is 0 Å². The first kappa shape index (κ1) is 21.7. The maximum Gasteiger partial charge on any atom is 0.409 e. The SMILES string of the molecule is CCOC(=O)N1CCC(NC(=O)CCCCCNC(=O)c2ccccc2)CC1. The van der Waals surface area contributed by atoms with Gasteiger partial charge in [-0.15, -0.1) is 0 Å². The molecule has 1 saturated heterocycles. The summed E-state index contributed by atoms with van der Waals surface area (Å²) in [6.07, 6.45) is 4.28. The highest BCUT2D eigenvalue weighted by Gasteiger charge is 2.24. The number of piperidine rings is 1. The quantitative estimate of drug-likeness (QED) is 0.636. The fourth-order valence-electron chi connectivity index (χ4n) is 3.20. The van der Waals surface area contributed by atoms with Gasteiger partial charge in [0, 0.05) is 37.7 Å². The highest BCUT2D eigenvalue weighted by Crippen LogP contribution is 2.12. The van der Waals surface area contributed by atoms with Crippen LogP contribution in [0.1, 0.15) is 55.8 Å². The van der Waals surface area contributed by atoms with Crippen LogP contribution in [-0.2, 0) is 9.53 Å². The van der Waals surface area contributed by atoms with Gasteiger partial charge in [0.25, 0.3) is 5.91 Å². The molecule has 2 N–H and O–H groups in total. The minimum atomic E-state index is -0.272. The Hall–Kier alpha value is -2.57. The van der Waals surface area contributed by atoms with E-state index in [-0.39, 0.29) is 23.9 Å². The number of nitrogens with zero attached hydrogens (tertiary/aromatic N) is 1. The summed E-state index contributed by atoms with van der Waals surface area (Å²) in [6.45, 7) is 4.02. The van der Waals surface area contributed by atoms with Crippen molar-refractivity contribution in [3.63, 3.8) is 0 Å². The summed E-state index contributed by atoms with van der Waals surface area (Å²) in [7, 11) is 0. The van der Waals surface area contributed by atoms with Crippen molar-refractivity contribution >= 4 is 17.9 Å². The first-order chi connectivity index (χ1) is 13.6. The first-order valence-corrected chi connectivity index (χ1v) is 10.1. The van der Waals surface area contributed by atoms with Crippen LogP contribution in [0.4, 0.5) is 4.79 Å². The van der Waals surface area contributed by atoms with Crippen LogP contribution in [0.25, 0.3) is 0 Å². The molecule has 7 heteroatoms. The molecule has 0 atom stereocenters. The summed E-state index contributed by atoms with van der Waals surface area (Å²) in [6, 6.07) is 9.27. The third-order valence-corrected chi connectivity index (χ3v) is 4.79. The van der Waals surface area contributed by atoms with Gasteiger partial charge < -0.3 is 20.3 Å². The summed E-state index contributed by atoms with van der Waals surface area (Å²) in [4.78, 5) is 37.3. The molecule has 0 aromatic heterocycles. The number of nitrogens with one attached hydrogen (secondary N) is 2. The number of rotatable bonds is 9. The molecule has 1 fully saturated rings. The maximum absolute atomic E-state index is 12.1. The highest BCUT2D eigenvalue weighted by molar-refractivity contribution is 5.94. The van der Waals surface area contributed by atoms with Crippen molar-refractivity contribution in [3.8, 4) is 0 Å². The zero-order valence-corrected chi connectivity index (χ0v) is 16.6. The predicted molar refractivity (Wildman–Crippen MR) is 107 cm³/mol. The van der Waals surface area contributed by atoms with Crippen LogP contribution in [0.5, 0.6) is 0 Å². The molecule has 1 aliphatic rings. The number of likely N-dealkylation sites (tertiary alicyclic amines) is 1. The Bertz CT molecular complexity index is 628. The molecule has 0 aliphatic carbocycles. The predicted octanol–water partition coefficient (Wildman–Crippen LogP) is 2.71. The number of carbonyl (C=O) groups is 3. The Morgan fingerprint density at radius 2 is 1.79 bits per heavy atom. The van der Waals surface area contributed by atoms with E-state index in [1.165, 1.54) is 0 Å². The Kier molecular flexibility index (Phi) is 9.31. The minimum absolute atomic E-state index is 0.0582. The molecular formula is C21H31N3O4. The van der Waals surface area contributed by atoms with E-state index < -0.39 is 0 Å². The zero-order valence-electron chi connectivity index (χ0n) is 16.6. The fourth-order valence-corrected chi connectivity index (χ4v) is 3.20. The van der Waals surface area contributed by atoms with Crippen molar-refractivity contribution in [2.75, 3.05) is 26.2 Å². The molecule has 154 valence electrons. The molecule has 0 bridgehead atoms. The second kappa shape index (κ2) is 12.0. The monoisotopic (exact) mass is 389 g/mol. The number of benzene rings is 1. The van der Waals surface area contributed by atoms with Crippen LogP contribution in [-0.4, -0.2) is 55.1 Å². The summed E-state index contributed by atoms with van der Waals surface area (Å²) in [5.41, 5.74) is 0.663. The van der Waals surface area contributed by atoms with Crippen molar-refractivity contribution in [3.05, 3.63) is 35.9 Å². The van der Waals surface area contributed by atoms with Crippen LogP contribution in [0.2, 0.25) is 0 Å². The van der Waals surface area contributed by atoms with Gasteiger partial charge in [0.2, 0.25) is 5.91 Å². The van der Waals surface area contributed by atoms with Gasteiger partial charge in [0.15, 0.2) is 0 Å². The van der Waals surface area contributed by atoms with Gasteiger partial charge in [-0.25, -0.2) is 4.79 Å². The van der Waals surface area contributed by atoms with Gasteiger partial charge in [-0.3, -0.25) is 9.59 Å². The first-order valence-electron chi connectivity index (χ1n) is 10.1. The molecule has 1 heterocycles. The van der Waals surface area contributed by atoms with Gasteiger partial charge in [-0.05, 0) is 44.7 Å². The van der Waals surface area contributed by atoms with Crippen LogP contribution in [0.15, 0.2) is 30.3 Å². The van der Waals surface area contributed by atoms with E-state index in [0.717, 1.165) is 32.1 Å². The Labute approximate surface area is 166 Å². The number of carbonyl (C=O) groups excluding carboxylic acids is 3. The number of ether oxygens (including phenoxy) is 1. The van der Waals surface area contributed by atoms with Gasteiger partial charge in [0.1, 0.15) is 0 Å². The summed E-state index contributed by atoms with van der Waals surface area (Å²) >= 11 is 0. The molecule has 3 amide bonds. The molecule has 0 spiro atoms. The maximum atomic E-state index is 12.1. The van der Waals surface area contributed by atoms with E-state index in [4.69, 9.17) is 4.74 Å². The van der Waals surface area contributed by atoms with E-state index in [1.54, 1.807) is 24.0 Å². The second-order valence-electron chi connectivity index (χ2n) is 6.96. The van der Waals surface area contributed by atoms with Crippen molar-refractivity contribution in [1.29, 1.82) is 0 Å². The average Bonchev–Trinajstić information content (AvgIpc) is 2.71. The van der Waals surface area contributed by atoms with E-state index in [9.17, 15) is 14.4 Å². The van der Waals surface area contributed by atoms with E-state index in [1.807, 2.05) is 18.2 Å². The van der Waals surface area contributed by atoms with Gasteiger partial charge in [-0.1, -0.05) is 24.6 Å². The lowest BCUT2D eigenvalue weighted by atomic mass is 10.0. The standard InChI is InChI=1S/C21H31N3O4/c1-2-28-21(27)24-15-12-18(13-16-24)23-19(25)11-7-4-8-14-22-20(26)17-9-5-3-6-10-17/h3,5-6,9-10,18H,2,4,7-8,11-16H2,1H3,(H,22,26)(H,23,25). The average molecular weight is 389 g/mol. The third kappa shape index (κ3) is 7.58. The highest BCUT2D eigenvalue weighted by atomic mass is 16.6. The van der Waals surface area contributed by atoms with Gasteiger partial charge >= 0.3 is 6.09 Å². The molecule has 28 heavy (non-hydrogen) atoms. The Morgan fingerprint density at radius 3 is 2.46 bits per heavy atom. The second-order valence-corrected chi connectivity index (χ2v) is 6.96. The van der Waals surface area contributed by atoms with Crippen molar-refractivity contribution in [2.45, 2.75) is 51.5 Å². The number of amides is 3. The van der Waals surface area contributed by atoms with Crippen molar-refractivity contribution in [1.82, 2.24) is 15.5 Å². The zero-order chi connectivity index (χ0) is 20.2. The topological polar surface area (TPSA) is 87.7 Å². The van der Waals surface area contributed by atoms with E-state index in [0.29, 0.717) is 38.2 Å². The van der Waals surface area contributed by atoms with E-state index in [2.05, 4.69) is 10.6 Å². The molecular weight excluding hydrogens is 358 g/mol. The van der Waals surface area contributed by atoms with Crippen LogP contribution in [0, 0.1) is 0 Å². The molecule has 1 aromatic rings. The lowest BCUT2D eigenvalue weighted by molar-refractivity contribution is -0.122. The number of hydrogen-bond donors (Lipinski definition) is 2. The summed E-state index contributed by atoms with van der Waals surface area (Å²) in [5, 5.41) is 5.95. The lowest BCUT2D eigenvalue weighted by Gasteiger charge is -2.31. The van der Waals surface area contributed by atoms with Gasteiger partial charge in [-0.2, -0.15) is 0 Å². The minimum Gasteiger partial charge on any atom is -0.450 e. The largest absolute Gasteiger partial charge is 0.450 e. The molecule has 2 rings (SSSR count). The molecule has 0 radical (unpaired) electrons. The normalized spacial score (nSPS) is 14.4. The number of hydrogen-bond acceptors (Lipinski definition) is 4. The van der Waals surface area contributed by atoms with E-state index >= 15 is 0 Å². The summed E-state index contributed by atoms with van der Waals surface area (Å²) < 4.78 is 5.00.